The van der Waals surface area contributed by atoms with E-state index in [1.807, 2.05) is 19.2 Å². The van der Waals surface area contributed by atoms with Crippen LogP contribution >= 0.6 is 0 Å². The summed E-state index contributed by atoms with van der Waals surface area (Å²) in [5.74, 6) is 0. The Morgan fingerprint density at radius 2 is 2.29 bits per heavy atom. The minimum Gasteiger partial charge on any atom is -0.385 e. The summed E-state index contributed by atoms with van der Waals surface area (Å²) in [6, 6.07) is 1.92. The SMILES string of the molecule is Cc1cc2ncc(C3(O)CC3)cn2n1. The molecule has 2 aromatic rings. The van der Waals surface area contributed by atoms with Crippen LogP contribution in [0, 0.1) is 6.92 Å². The lowest BCUT2D eigenvalue weighted by Gasteiger charge is -2.06. The molecule has 0 unspecified atom stereocenters. The fourth-order valence-electron chi connectivity index (χ4n) is 1.64. The molecule has 0 atom stereocenters. The molecule has 2 aromatic heterocycles. The number of aryl methyl sites for hydroxylation is 1. The number of fused-ring (bicyclic) bond motifs is 1. The molecule has 0 aliphatic heterocycles. The molecule has 0 radical (unpaired) electrons. The van der Waals surface area contributed by atoms with Gasteiger partial charge in [0.1, 0.15) is 0 Å². The van der Waals surface area contributed by atoms with Crippen molar-refractivity contribution in [1.29, 1.82) is 0 Å². The van der Waals surface area contributed by atoms with Gasteiger partial charge in [-0.05, 0) is 19.8 Å². The van der Waals surface area contributed by atoms with E-state index >= 15 is 0 Å². The highest BCUT2D eigenvalue weighted by Gasteiger charge is 2.42. The molecule has 1 aliphatic rings. The minimum atomic E-state index is -0.624. The van der Waals surface area contributed by atoms with E-state index in [0.29, 0.717) is 0 Å². The second kappa shape index (κ2) is 2.33. The zero-order valence-corrected chi connectivity index (χ0v) is 7.94. The van der Waals surface area contributed by atoms with Gasteiger partial charge in [-0.1, -0.05) is 0 Å². The minimum absolute atomic E-state index is 0.624. The molecular formula is C10H11N3O. The third-order valence-corrected chi connectivity index (χ3v) is 2.70. The molecule has 14 heavy (non-hydrogen) atoms. The fourth-order valence-corrected chi connectivity index (χ4v) is 1.64. The highest BCUT2D eigenvalue weighted by Crippen LogP contribution is 2.44. The third-order valence-electron chi connectivity index (χ3n) is 2.70. The smallest absolute Gasteiger partial charge is 0.155 e. The maximum atomic E-state index is 9.89. The molecule has 0 aromatic carbocycles. The quantitative estimate of drug-likeness (QED) is 0.728. The van der Waals surface area contributed by atoms with E-state index < -0.39 is 5.60 Å². The summed E-state index contributed by atoms with van der Waals surface area (Å²) in [5, 5.41) is 14.1. The molecule has 4 heteroatoms. The first-order valence-corrected chi connectivity index (χ1v) is 4.72. The lowest BCUT2D eigenvalue weighted by Crippen LogP contribution is -2.06. The van der Waals surface area contributed by atoms with Crippen molar-refractivity contribution in [3.8, 4) is 0 Å². The van der Waals surface area contributed by atoms with Gasteiger partial charge >= 0.3 is 0 Å². The Kier molecular flexibility index (Phi) is 1.32. The largest absolute Gasteiger partial charge is 0.385 e. The third kappa shape index (κ3) is 1.04. The van der Waals surface area contributed by atoms with Crippen LogP contribution in [-0.2, 0) is 5.60 Å². The summed E-state index contributed by atoms with van der Waals surface area (Å²) in [6.45, 7) is 1.93. The van der Waals surface area contributed by atoms with Gasteiger partial charge in [-0.15, -0.1) is 0 Å². The molecule has 1 fully saturated rings. The average molecular weight is 189 g/mol. The molecule has 4 nitrogen and oxygen atoms in total. The topological polar surface area (TPSA) is 50.4 Å². The number of aromatic nitrogens is 3. The Bertz CT molecular complexity index is 499. The van der Waals surface area contributed by atoms with Crippen LogP contribution < -0.4 is 0 Å². The van der Waals surface area contributed by atoms with Crippen LogP contribution in [0.5, 0.6) is 0 Å². The van der Waals surface area contributed by atoms with Crippen molar-refractivity contribution >= 4 is 5.65 Å². The fraction of sp³-hybridized carbons (Fsp3) is 0.400. The van der Waals surface area contributed by atoms with Gasteiger partial charge < -0.3 is 5.11 Å². The van der Waals surface area contributed by atoms with Crippen molar-refractivity contribution in [3.63, 3.8) is 0 Å². The maximum Gasteiger partial charge on any atom is 0.155 e. The van der Waals surface area contributed by atoms with Gasteiger partial charge in [0.2, 0.25) is 0 Å². The molecule has 0 spiro atoms. The van der Waals surface area contributed by atoms with Gasteiger partial charge in [-0.3, -0.25) is 0 Å². The molecule has 3 rings (SSSR count). The van der Waals surface area contributed by atoms with Gasteiger partial charge in [0.05, 0.1) is 11.3 Å². The van der Waals surface area contributed by atoms with Crippen molar-refractivity contribution in [1.82, 2.24) is 14.6 Å². The Morgan fingerprint density at radius 3 is 3.00 bits per heavy atom. The first-order valence-electron chi connectivity index (χ1n) is 4.72. The normalized spacial score (nSPS) is 18.7. The molecule has 0 amide bonds. The highest BCUT2D eigenvalue weighted by atomic mass is 16.3. The lowest BCUT2D eigenvalue weighted by molar-refractivity contribution is 0.150. The first kappa shape index (κ1) is 7.94. The highest BCUT2D eigenvalue weighted by molar-refractivity contribution is 5.40. The van der Waals surface area contributed by atoms with E-state index in [9.17, 15) is 5.11 Å². The van der Waals surface area contributed by atoms with E-state index in [-0.39, 0.29) is 0 Å². The Hall–Kier alpha value is -1.42. The van der Waals surface area contributed by atoms with Gasteiger partial charge in [-0.25, -0.2) is 9.50 Å². The predicted molar refractivity (Wildman–Crippen MR) is 50.9 cm³/mol. The molecule has 1 saturated carbocycles. The Labute approximate surface area is 81.2 Å². The molecule has 0 bridgehead atoms. The van der Waals surface area contributed by atoms with E-state index in [2.05, 4.69) is 10.1 Å². The van der Waals surface area contributed by atoms with Crippen molar-refractivity contribution in [2.24, 2.45) is 0 Å². The summed E-state index contributed by atoms with van der Waals surface area (Å²) in [6.07, 6.45) is 5.27. The number of nitrogens with zero attached hydrogens (tertiary/aromatic N) is 3. The number of hydrogen-bond donors (Lipinski definition) is 1. The van der Waals surface area contributed by atoms with Gasteiger partial charge in [0, 0.05) is 24.0 Å². The number of hydrogen-bond acceptors (Lipinski definition) is 3. The summed E-state index contributed by atoms with van der Waals surface area (Å²) >= 11 is 0. The van der Waals surface area contributed by atoms with Crippen LogP contribution in [0.4, 0.5) is 0 Å². The summed E-state index contributed by atoms with van der Waals surface area (Å²) in [4.78, 5) is 4.25. The van der Waals surface area contributed by atoms with Gasteiger partial charge in [0.25, 0.3) is 0 Å². The second-order valence-electron chi connectivity index (χ2n) is 3.96. The molecule has 0 saturated heterocycles. The van der Waals surface area contributed by atoms with Crippen LogP contribution in [0.1, 0.15) is 24.1 Å². The van der Waals surface area contributed by atoms with Crippen LogP contribution in [0.15, 0.2) is 18.5 Å². The van der Waals surface area contributed by atoms with E-state index in [0.717, 1.165) is 29.7 Å². The maximum absolute atomic E-state index is 9.89. The Morgan fingerprint density at radius 1 is 1.50 bits per heavy atom. The molecule has 1 aliphatic carbocycles. The monoisotopic (exact) mass is 189 g/mol. The van der Waals surface area contributed by atoms with Crippen molar-refractivity contribution < 1.29 is 5.11 Å². The average Bonchev–Trinajstić information content (AvgIpc) is 2.79. The van der Waals surface area contributed by atoms with Crippen LogP contribution in [0.2, 0.25) is 0 Å². The van der Waals surface area contributed by atoms with Crippen LogP contribution in [0.25, 0.3) is 5.65 Å². The number of aliphatic hydroxyl groups is 1. The first-order chi connectivity index (χ1) is 6.67. The molecule has 1 N–H and O–H groups in total. The zero-order valence-electron chi connectivity index (χ0n) is 7.94. The lowest BCUT2D eigenvalue weighted by atomic mass is 10.2. The van der Waals surface area contributed by atoms with Crippen molar-refractivity contribution in [2.45, 2.75) is 25.4 Å². The van der Waals surface area contributed by atoms with Gasteiger partial charge in [-0.2, -0.15) is 5.10 Å². The summed E-state index contributed by atoms with van der Waals surface area (Å²) in [7, 11) is 0. The van der Waals surface area contributed by atoms with E-state index in [1.165, 1.54) is 0 Å². The molecule has 72 valence electrons. The van der Waals surface area contributed by atoms with Crippen LogP contribution in [-0.4, -0.2) is 19.7 Å². The van der Waals surface area contributed by atoms with Crippen molar-refractivity contribution in [3.05, 3.63) is 29.7 Å². The molecular weight excluding hydrogens is 178 g/mol. The van der Waals surface area contributed by atoms with Gasteiger partial charge in [0.15, 0.2) is 5.65 Å². The van der Waals surface area contributed by atoms with Crippen LogP contribution in [0.3, 0.4) is 0 Å². The molecule has 2 heterocycles. The summed E-state index contributed by atoms with van der Waals surface area (Å²) in [5.41, 5.74) is 2.02. The Balaban J connectivity index is 2.19. The van der Waals surface area contributed by atoms with E-state index in [4.69, 9.17) is 0 Å². The van der Waals surface area contributed by atoms with E-state index in [1.54, 1.807) is 10.7 Å². The number of rotatable bonds is 1. The van der Waals surface area contributed by atoms with Crippen molar-refractivity contribution in [2.75, 3.05) is 0 Å². The zero-order chi connectivity index (χ0) is 9.76. The standard InChI is InChI=1S/C10H11N3O/c1-7-4-9-11-5-8(6-13(9)12-7)10(14)2-3-10/h4-6,14H,2-3H2,1H3. The predicted octanol–water partition coefficient (Wildman–Crippen LogP) is 1.02. The summed E-state index contributed by atoms with van der Waals surface area (Å²) < 4.78 is 1.72. The second-order valence-corrected chi connectivity index (χ2v) is 3.96.